The lowest BCUT2D eigenvalue weighted by Crippen LogP contribution is -2.32. The molecule has 0 atom stereocenters. The number of hydrogen-bond donors (Lipinski definition) is 3. The van der Waals surface area contributed by atoms with Gasteiger partial charge < -0.3 is 15.7 Å². The molecule has 0 heterocycles. The van der Waals surface area contributed by atoms with E-state index in [0.29, 0.717) is 19.5 Å². The minimum Gasteiger partial charge on any atom is -0.395 e. The van der Waals surface area contributed by atoms with Gasteiger partial charge in [0, 0.05) is 26.1 Å². The molecule has 120 valence electrons. The Hall–Kier alpha value is -0.610. The van der Waals surface area contributed by atoms with Crippen LogP contribution in [0.15, 0.2) is 0 Å². The zero-order chi connectivity index (χ0) is 14.9. The van der Waals surface area contributed by atoms with Gasteiger partial charge in [0.2, 0.25) is 5.91 Å². The predicted molar refractivity (Wildman–Crippen MR) is 84.8 cm³/mol. The van der Waals surface area contributed by atoms with Crippen LogP contribution in [-0.4, -0.2) is 37.3 Å². The maximum Gasteiger partial charge on any atom is 0.220 e. The fourth-order valence-corrected chi connectivity index (χ4v) is 2.18. The zero-order valence-corrected chi connectivity index (χ0v) is 13.3. The molecule has 4 nitrogen and oxygen atoms in total. The Kier molecular flexibility index (Phi) is 15.9. The highest BCUT2D eigenvalue weighted by atomic mass is 16.3. The monoisotopic (exact) mass is 286 g/mol. The maximum atomic E-state index is 11.5. The smallest absolute Gasteiger partial charge is 0.220 e. The van der Waals surface area contributed by atoms with E-state index < -0.39 is 0 Å². The molecule has 0 fully saturated rings. The second-order valence-electron chi connectivity index (χ2n) is 5.40. The van der Waals surface area contributed by atoms with Crippen molar-refractivity contribution in [2.45, 2.75) is 71.1 Å². The van der Waals surface area contributed by atoms with Gasteiger partial charge in [-0.3, -0.25) is 4.79 Å². The molecule has 0 aromatic heterocycles. The fraction of sp³-hybridized carbons (Fsp3) is 0.938. The molecule has 0 aliphatic rings. The van der Waals surface area contributed by atoms with Gasteiger partial charge >= 0.3 is 0 Å². The van der Waals surface area contributed by atoms with Crippen molar-refractivity contribution < 1.29 is 9.90 Å². The van der Waals surface area contributed by atoms with Gasteiger partial charge in [0.25, 0.3) is 0 Å². The third kappa shape index (κ3) is 15.4. The summed E-state index contributed by atoms with van der Waals surface area (Å²) in [6, 6.07) is 0. The van der Waals surface area contributed by atoms with Crippen molar-refractivity contribution in [3.05, 3.63) is 0 Å². The number of amides is 1. The predicted octanol–water partition coefficient (Wildman–Crippen LogP) is 2.61. The molecule has 0 aromatic carbocycles. The molecule has 0 spiro atoms. The summed E-state index contributed by atoms with van der Waals surface area (Å²) in [4.78, 5) is 11.5. The van der Waals surface area contributed by atoms with Crippen molar-refractivity contribution in [3.8, 4) is 0 Å². The molecule has 1 amide bonds. The lowest BCUT2D eigenvalue weighted by molar-refractivity contribution is -0.121. The van der Waals surface area contributed by atoms with E-state index in [-0.39, 0.29) is 12.5 Å². The minimum atomic E-state index is 0.145. The van der Waals surface area contributed by atoms with E-state index in [1.807, 2.05) is 0 Å². The quantitative estimate of drug-likeness (QED) is 0.406. The molecule has 3 N–H and O–H groups in total. The highest BCUT2D eigenvalue weighted by Crippen LogP contribution is 2.10. The lowest BCUT2D eigenvalue weighted by Gasteiger charge is -2.06. The third-order valence-electron chi connectivity index (χ3n) is 3.42. The Morgan fingerprint density at radius 3 is 2.05 bits per heavy atom. The van der Waals surface area contributed by atoms with Crippen LogP contribution in [0.1, 0.15) is 71.1 Å². The molecule has 0 rings (SSSR count). The number of hydrogen-bond acceptors (Lipinski definition) is 3. The number of aliphatic hydroxyl groups is 1. The van der Waals surface area contributed by atoms with Crippen LogP contribution in [0, 0.1) is 0 Å². The number of carbonyl (C=O) groups excluding carboxylic acids is 1. The first-order valence-electron chi connectivity index (χ1n) is 8.39. The second kappa shape index (κ2) is 16.4. The highest BCUT2D eigenvalue weighted by molar-refractivity contribution is 5.75. The molecule has 0 saturated heterocycles. The molecule has 4 heteroatoms. The van der Waals surface area contributed by atoms with Crippen molar-refractivity contribution >= 4 is 5.91 Å². The Bertz CT molecular complexity index is 211. The maximum absolute atomic E-state index is 11.5. The van der Waals surface area contributed by atoms with Gasteiger partial charge in [-0.05, 0) is 6.42 Å². The average molecular weight is 286 g/mol. The van der Waals surface area contributed by atoms with Gasteiger partial charge in [-0.15, -0.1) is 0 Å². The molecule has 0 aromatic rings. The van der Waals surface area contributed by atoms with Crippen LogP contribution in [0.25, 0.3) is 0 Å². The van der Waals surface area contributed by atoms with Crippen molar-refractivity contribution in [2.75, 3.05) is 26.2 Å². The molecule has 0 aliphatic heterocycles. The average Bonchev–Trinajstić information content (AvgIpc) is 2.45. The summed E-state index contributed by atoms with van der Waals surface area (Å²) in [6.45, 7) is 4.36. The van der Waals surface area contributed by atoms with Gasteiger partial charge in [0.05, 0.1) is 6.61 Å². The van der Waals surface area contributed by atoms with Crippen LogP contribution in [-0.2, 0) is 4.79 Å². The van der Waals surface area contributed by atoms with E-state index in [1.54, 1.807) is 0 Å². The van der Waals surface area contributed by atoms with Crippen molar-refractivity contribution in [2.24, 2.45) is 0 Å². The van der Waals surface area contributed by atoms with E-state index in [9.17, 15) is 4.79 Å². The third-order valence-corrected chi connectivity index (χ3v) is 3.42. The first kappa shape index (κ1) is 19.4. The first-order chi connectivity index (χ1) is 9.81. The van der Waals surface area contributed by atoms with Gasteiger partial charge in [0.1, 0.15) is 0 Å². The van der Waals surface area contributed by atoms with Gasteiger partial charge in [-0.1, -0.05) is 58.3 Å². The molecule has 20 heavy (non-hydrogen) atoms. The Labute approximate surface area is 124 Å². The van der Waals surface area contributed by atoms with E-state index >= 15 is 0 Å². The van der Waals surface area contributed by atoms with Crippen molar-refractivity contribution in [1.29, 1.82) is 0 Å². The normalized spacial score (nSPS) is 10.7. The van der Waals surface area contributed by atoms with Crippen LogP contribution in [0.5, 0.6) is 0 Å². The molecule has 0 aliphatic carbocycles. The van der Waals surface area contributed by atoms with E-state index in [1.165, 1.54) is 51.4 Å². The Balaban J connectivity index is 3.11. The molecule has 0 saturated carbocycles. The summed E-state index contributed by atoms with van der Waals surface area (Å²) < 4.78 is 0. The number of nitrogens with one attached hydrogen (secondary N) is 2. The summed E-state index contributed by atoms with van der Waals surface area (Å²) in [6.07, 6.45) is 12.2. The second-order valence-corrected chi connectivity index (χ2v) is 5.40. The van der Waals surface area contributed by atoms with Gasteiger partial charge in [0.15, 0.2) is 0 Å². The lowest BCUT2D eigenvalue weighted by atomic mass is 10.1. The van der Waals surface area contributed by atoms with Crippen molar-refractivity contribution in [3.63, 3.8) is 0 Å². The summed E-state index contributed by atoms with van der Waals surface area (Å²) >= 11 is 0. The Morgan fingerprint density at radius 2 is 1.45 bits per heavy atom. The van der Waals surface area contributed by atoms with Crippen LogP contribution in [0.3, 0.4) is 0 Å². The molecular formula is C16H34N2O2. The molecular weight excluding hydrogens is 252 g/mol. The topological polar surface area (TPSA) is 61.4 Å². The van der Waals surface area contributed by atoms with E-state index in [2.05, 4.69) is 17.6 Å². The molecule has 0 bridgehead atoms. The highest BCUT2D eigenvalue weighted by Gasteiger charge is 2.00. The summed E-state index contributed by atoms with van der Waals surface area (Å²) in [5.74, 6) is 0.152. The zero-order valence-electron chi connectivity index (χ0n) is 13.3. The van der Waals surface area contributed by atoms with Crippen LogP contribution < -0.4 is 10.6 Å². The molecule has 0 unspecified atom stereocenters. The molecule has 0 radical (unpaired) electrons. The minimum absolute atomic E-state index is 0.145. The van der Waals surface area contributed by atoms with Crippen LogP contribution in [0.4, 0.5) is 0 Å². The summed E-state index contributed by atoms with van der Waals surface area (Å²) in [5, 5.41) is 14.5. The van der Waals surface area contributed by atoms with E-state index in [0.717, 1.165) is 13.0 Å². The SMILES string of the molecule is CCCCCCCCCCCC(=O)NCCNCCO. The standard InChI is InChI=1S/C16H34N2O2/c1-2-3-4-5-6-7-8-9-10-11-16(20)18-13-12-17-14-15-19/h17,19H,2-15H2,1H3,(H,18,20). The number of aliphatic hydroxyl groups excluding tert-OH is 1. The number of rotatable bonds is 15. The van der Waals surface area contributed by atoms with Crippen molar-refractivity contribution in [1.82, 2.24) is 10.6 Å². The van der Waals surface area contributed by atoms with Crippen LogP contribution >= 0.6 is 0 Å². The summed E-state index contributed by atoms with van der Waals surface area (Å²) in [5.41, 5.74) is 0. The Morgan fingerprint density at radius 1 is 0.850 bits per heavy atom. The van der Waals surface area contributed by atoms with Gasteiger partial charge in [-0.2, -0.15) is 0 Å². The fourth-order valence-electron chi connectivity index (χ4n) is 2.18. The number of carbonyl (C=O) groups is 1. The van der Waals surface area contributed by atoms with Gasteiger partial charge in [-0.25, -0.2) is 0 Å². The number of unbranched alkanes of at least 4 members (excludes halogenated alkanes) is 8. The van der Waals surface area contributed by atoms with Crippen LogP contribution in [0.2, 0.25) is 0 Å². The van der Waals surface area contributed by atoms with E-state index in [4.69, 9.17) is 5.11 Å². The largest absolute Gasteiger partial charge is 0.395 e. The summed E-state index contributed by atoms with van der Waals surface area (Å²) in [7, 11) is 0. The first-order valence-corrected chi connectivity index (χ1v) is 8.39.